The number of hydrogen-bond acceptors (Lipinski definition) is 4. The molecule has 116 valence electrons. The van der Waals surface area contributed by atoms with Crippen LogP contribution in [0.1, 0.15) is 19.8 Å². The standard InChI is InChI=1S/C16H25N3O2/c1-3-21-15-9-5-4-8-14(15)18-16(20)12-19-10-6-7-13(11-19)17-2/h4-5,8-9,13,17H,3,6-7,10-12H2,1-2H3,(H,18,20). The Hall–Kier alpha value is -1.59. The summed E-state index contributed by atoms with van der Waals surface area (Å²) >= 11 is 0. The lowest BCUT2D eigenvalue weighted by molar-refractivity contribution is -0.117. The molecule has 0 radical (unpaired) electrons. The molecule has 2 rings (SSSR count). The first-order chi connectivity index (χ1) is 10.2. The van der Waals surface area contributed by atoms with Crippen molar-refractivity contribution in [1.82, 2.24) is 10.2 Å². The zero-order chi connectivity index (χ0) is 15.1. The first-order valence-electron chi connectivity index (χ1n) is 7.64. The van der Waals surface area contributed by atoms with Gasteiger partial charge in [-0.25, -0.2) is 0 Å². The van der Waals surface area contributed by atoms with Gasteiger partial charge in [0.15, 0.2) is 0 Å². The van der Waals surface area contributed by atoms with Crippen LogP contribution in [0.5, 0.6) is 5.75 Å². The van der Waals surface area contributed by atoms with Crippen molar-refractivity contribution in [3.05, 3.63) is 24.3 Å². The second kappa shape index (κ2) is 8.00. The number of anilines is 1. The number of hydrogen-bond donors (Lipinski definition) is 2. The highest BCUT2D eigenvalue weighted by Crippen LogP contribution is 2.23. The highest BCUT2D eigenvalue weighted by Gasteiger charge is 2.20. The third kappa shape index (κ3) is 4.72. The Bertz CT molecular complexity index is 465. The SMILES string of the molecule is CCOc1ccccc1NC(=O)CN1CCCC(NC)C1. The Balaban J connectivity index is 1.89. The van der Waals surface area contributed by atoms with Gasteiger partial charge in [0, 0.05) is 12.6 Å². The average Bonchev–Trinajstić information content (AvgIpc) is 2.49. The summed E-state index contributed by atoms with van der Waals surface area (Å²) in [6.07, 6.45) is 2.32. The molecular weight excluding hydrogens is 266 g/mol. The van der Waals surface area contributed by atoms with Crippen LogP contribution in [-0.4, -0.2) is 50.1 Å². The van der Waals surface area contributed by atoms with Crippen LogP contribution in [0.4, 0.5) is 5.69 Å². The highest BCUT2D eigenvalue weighted by molar-refractivity contribution is 5.93. The van der Waals surface area contributed by atoms with Crippen molar-refractivity contribution in [2.75, 3.05) is 38.6 Å². The van der Waals surface area contributed by atoms with E-state index in [-0.39, 0.29) is 5.91 Å². The predicted octanol–water partition coefficient (Wildman–Crippen LogP) is 1.71. The molecule has 5 nitrogen and oxygen atoms in total. The van der Waals surface area contributed by atoms with E-state index in [1.54, 1.807) is 0 Å². The molecule has 1 amide bonds. The molecule has 0 aromatic heterocycles. The number of carbonyl (C=O) groups excluding carboxylic acids is 1. The molecule has 1 fully saturated rings. The summed E-state index contributed by atoms with van der Waals surface area (Å²) in [4.78, 5) is 14.4. The Morgan fingerprint density at radius 2 is 2.24 bits per heavy atom. The number of likely N-dealkylation sites (tertiary alicyclic amines) is 1. The van der Waals surface area contributed by atoms with Crippen LogP contribution < -0.4 is 15.4 Å². The lowest BCUT2D eigenvalue weighted by Crippen LogP contribution is -2.46. The molecule has 0 saturated carbocycles. The smallest absolute Gasteiger partial charge is 0.238 e. The molecule has 5 heteroatoms. The van der Waals surface area contributed by atoms with E-state index in [2.05, 4.69) is 15.5 Å². The monoisotopic (exact) mass is 291 g/mol. The van der Waals surface area contributed by atoms with Crippen molar-refractivity contribution < 1.29 is 9.53 Å². The first-order valence-corrected chi connectivity index (χ1v) is 7.64. The number of benzene rings is 1. The van der Waals surface area contributed by atoms with Crippen LogP contribution in [-0.2, 0) is 4.79 Å². The molecule has 1 unspecified atom stereocenters. The average molecular weight is 291 g/mol. The van der Waals surface area contributed by atoms with Crippen LogP contribution in [0, 0.1) is 0 Å². The van der Waals surface area contributed by atoms with Crippen LogP contribution in [0.3, 0.4) is 0 Å². The minimum atomic E-state index is 0.0129. The fraction of sp³-hybridized carbons (Fsp3) is 0.562. The molecule has 1 atom stereocenters. The predicted molar refractivity (Wildman–Crippen MR) is 84.8 cm³/mol. The number of nitrogens with zero attached hydrogens (tertiary/aromatic N) is 1. The Kier molecular flexibility index (Phi) is 6.02. The zero-order valence-corrected chi connectivity index (χ0v) is 12.9. The quantitative estimate of drug-likeness (QED) is 0.838. The topological polar surface area (TPSA) is 53.6 Å². The van der Waals surface area contributed by atoms with Gasteiger partial charge in [0.25, 0.3) is 0 Å². The Morgan fingerprint density at radius 1 is 1.43 bits per heavy atom. The van der Waals surface area contributed by atoms with Crippen LogP contribution in [0.25, 0.3) is 0 Å². The van der Waals surface area contributed by atoms with E-state index in [1.165, 1.54) is 6.42 Å². The van der Waals surface area contributed by atoms with E-state index in [1.807, 2.05) is 38.2 Å². The maximum atomic E-state index is 12.2. The summed E-state index contributed by atoms with van der Waals surface area (Å²) in [6, 6.07) is 8.04. The molecule has 1 heterocycles. The normalized spacial score (nSPS) is 19.2. The van der Waals surface area contributed by atoms with Crippen molar-refractivity contribution in [3.63, 3.8) is 0 Å². The number of carbonyl (C=O) groups is 1. The summed E-state index contributed by atoms with van der Waals surface area (Å²) in [7, 11) is 1.98. The fourth-order valence-corrected chi connectivity index (χ4v) is 2.68. The molecule has 1 saturated heterocycles. The van der Waals surface area contributed by atoms with Crippen molar-refractivity contribution in [2.24, 2.45) is 0 Å². The summed E-state index contributed by atoms with van der Waals surface area (Å²) < 4.78 is 5.52. The van der Waals surface area contributed by atoms with Gasteiger partial charge in [0.05, 0.1) is 18.8 Å². The summed E-state index contributed by atoms with van der Waals surface area (Å²) in [6.45, 7) is 4.86. The molecule has 1 aromatic carbocycles. The van der Waals surface area contributed by atoms with Crippen LogP contribution >= 0.6 is 0 Å². The summed E-state index contributed by atoms with van der Waals surface area (Å²) in [5, 5.41) is 6.24. The van der Waals surface area contributed by atoms with Crippen molar-refractivity contribution >= 4 is 11.6 Å². The van der Waals surface area contributed by atoms with E-state index in [0.717, 1.165) is 30.9 Å². The van der Waals surface area contributed by atoms with Gasteiger partial charge in [-0.05, 0) is 45.5 Å². The molecule has 0 bridgehead atoms. The van der Waals surface area contributed by atoms with E-state index in [9.17, 15) is 4.79 Å². The largest absolute Gasteiger partial charge is 0.492 e. The van der Waals surface area contributed by atoms with Gasteiger partial charge < -0.3 is 15.4 Å². The molecule has 1 aliphatic heterocycles. The van der Waals surface area contributed by atoms with Crippen molar-refractivity contribution in [3.8, 4) is 5.75 Å². The van der Waals surface area contributed by atoms with Gasteiger partial charge in [-0.3, -0.25) is 9.69 Å². The van der Waals surface area contributed by atoms with Gasteiger partial charge in [0.2, 0.25) is 5.91 Å². The van der Waals surface area contributed by atoms with E-state index in [4.69, 9.17) is 4.74 Å². The number of ether oxygens (including phenoxy) is 1. The Labute approximate surface area is 126 Å². The van der Waals surface area contributed by atoms with Crippen LogP contribution in [0.15, 0.2) is 24.3 Å². The molecule has 0 aliphatic carbocycles. The molecule has 0 spiro atoms. The van der Waals surface area contributed by atoms with Gasteiger partial charge in [-0.2, -0.15) is 0 Å². The Morgan fingerprint density at radius 3 is 3.00 bits per heavy atom. The third-order valence-electron chi connectivity index (χ3n) is 3.74. The number of para-hydroxylation sites is 2. The molecular formula is C16H25N3O2. The molecule has 2 N–H and O–H groups in total. The number of amides is 1. The fourth-order valence-electron chi connectivity index (χ4n) is 2.68. The molecule has 1 aromatic rings. The van der Waals surface area contributed by atoms with E-state index in [0.29, 0.717) is 19.2 Å². The second-order valence-corrected chi connectivity index (χ2v) is 5.34. The minimum Gasteiger partial charge on any atom is -0.492 e. The number of likely N-dealkylation sites (N-methyl/N-ethyl adjacent to an activating group) is 1. The number of nitrogens with one attached hydrogen (secondary N) is 2. The first kappa shape index (κ1) is 15.8. The van der Waals surface area contributed by atoms with Crippen molar-refractivity contribution in [2.45, 2.75) is 25.8 Å². The van der Waals surface area contributed by atoms with E-state index < -0.39 is 0 Å². The maximum absolute atomic E-state index is 12.2. The van der Waals surface area contributed by atoms with Gasteiger partial charge in [-0.15, -0.1) is 0 Å². The maximum Gasteiger partial charge on any atom is 0.238 e. The molecule has 1 aliphatic rings. The minimum absolute atomic E-state index is 0.0129. The zero-order valence-electron chi connectivity index (χ0n) is 12.9. The lowest BCUT2D eigenvalue weighted by Gasteiger charge is -2.31. The summed E-state index contributed by atoms with van der Waals surface area (Å²) in [5.41, 5.74) is 0.742. The number of piperidine rings is 1. The van der Waals surface area contributed by atoms with Crippen LogP contribution in [0.2, 0.25) is 0 Å². The lowest BCUT2D eigenvalue weighted by atomic mass is 10.1. The van der Waals surface area contributed by atoms with Gasteiger partial charge in [0.1, 0.15) is 5.75 Å². The molecule has 21 heavy (non-hydrogen) atoms. The third-order valence-corrected chi connectivity index (χ3v) is 3.74. The summed E-state index contributed by atoms with van der Waals surface area (Å²) in [5.74, 6) is 0.735. The second-order valence-electron chi connectivity index (χ2n) is 5.34. The van der Waals surface area contributed by atoms with E-state index >= 15 is 0 Å². The van der Waals surface area contributed by atoms with Crippen molar-refractivity contribution in [1.29, 1.82) is 0 Å². The van der Waals surface area contributed by atoms with Gasteiger partial charge >= 0.3 is 0 Å². The van der Waals surface area contributed by atoms with Gasteiger partial charge in [-0.1, -0.05) is 12.1 Å². The highest BCUT2D eigenvalue weighted by atomic mass is 16.5. The number of rotatable bonds is 6.